The summed E-state index contributed by atoms with van der Waals surface area (Å²) in [5, 5.41) is 3.19. The van der Waals surface area contributed by atoms with Crippen molar-refractivity contribution in [2.45, 2.75) is 13.5 Å². The molecule has 0 unspecified atom stereocenters. The van der Waals surface area contributed by atoms with Gasteiger partial charge in [0.25, 0.3) is 5.91 Å². The molecule has 24 heavy (non-hydrogen) atoms. The van der Waals surface area contributed by atoms with Crippen LogP contribution >= 0.6 is 0 Å². The van der Waals surface area contributed by atoms with Crippen molar-refractivity contribution in [3.63, 3.8) is 0 Å². The van der Waals surface area contributed by atoms with E-state index in [4.69, 9.17) is 0 Å². The van der Waals surface area contributed by atoms with Crippen molar-refractivity contribution in [3.05, 3.63) is 53.3 Å². The largest absolute Gasteiger partial charge is 0.350 e. The van der Waals surface area contributed by atoms with Gasteiger partial charge >= 0.3 is 0 Å². The van der Waals surface area contributed by atoms with Gasteiger partial charge in [-0.3, -0.25) is 4.79 Å². The van der Waals surface area contributed by atoms with E-state index >= 15 is 0 Å². The van der Waals surface area contributed by atoms with Crippen LogP contribution in [0.5, 0.6) is 0 Å². The number of amides is 1. The summed E-state index contributed by atoms with van der Waals surface area (Å²) in [5.74, 6) is 0.541. The minimum Gasteiger partial charge on any atom is -0.350 e. The number of aryl methyl sites for hydroxylation is 1. The van der Waals surface area contributed by atoms with E-state index in [1.165, 1.54) is 11.1 Å². The Morgan fingerprint density at radius 1 is 1.17 bits per heavy atom. The lowest BCUT2D eigenvalue weighted by Crippen LogP contribution is -2.47. The van der Waals surface area contributed by atoms with E-state index in [0.29, 0.717) is 18.1 Å². The highest BCUT2D eigenvalue weighted by Crippen LogP contribution is 2.09. The second kappa shape index (κ2) is 7.40. The Morgan fingerprint density at radius 2 is 1.88 bits per heavy atom. The van der Waals surface area contributed by atoms with Gasteiger partial charge in [0, 0.05) is 45.1 Å². The van der Waals surface area contributed by atoms with Gasteiger partial charge < -0.3 is 15.1 Å². The first-order valence-electron chi connectivity index (χ1n) is 8.21. The smallest absolute Gasteiger partial charge is 0.257 e. The summed E-state index contributed by atoms with van der Waals surface area (Å²) >= 11 is 0. The van der Waals surface area contributed by atoms with Gasteiger partial charge in [-0.05, 0) is 19.5 Å². The Labute approximate surface area is 142 Å². The number of aromatic nitrogens is 2. The van der Waals surface area contributed by atoms with Gasteiger partial charge in [0.05, 0.1) is 5.56 Å². The van der Waals surface area contributed by atoms with E-state index in [2.05, 4.69) is 52.4 Å². The average molecular weight is 325 g/mol. The lowest BCUT2D eigenvalue weighted by Gasteiger charge is -2.32. The van der Waals surface area contributed by atoms with Crippen molar-refractivity contribution in [1.82, 2.24) is 19.8 Å². The fourth-order valence-electron chi connectivity index (χ4n) is 2.73. The minimum absolute atomic E-state index is 0.00772. The Balaban J connectivity index is 1.58. The van der Waals surface area contributed by atoms with Crippen LogP contribution in [-0.2, 0) is 6.54 Å². The fourth-order valence-corrected chi connectivity index (χ4v) is 2.73. The quantitative estimate of drug-likeness (QED) is 0.928. The zero-order valence-corrected chi connectivity index (χ0v) is 14.2. The van der Waals surface area contributed by atoms with E-state index in [1.807, 2.05) is 11.0 Å². The lowest BCUT2D eigenvalue weighted by atomic mass is 10.1. The number of piperazine rings is 1. The fraction of sp³-hybridized carbons (Fsp3) is 0.389. The van der Waals surface area contributed by atoms with Gasteiger partial charge in [0.2, 0.25) is 5.95 Å². The zero-order chi connectivity index (χ0) is 16.9. The molecule has 1 aromatic heterocycles. The molecule has 6 nitrogen and oxygen atoms in total. The Morgan fingerprint density at radius 3 is 2.54 bits per heavy atom. The van der Waals surface area contributed by atoms with Gasteiger partial charge in [-0.1, -0.05) is 29.8 Å². The number of carbonyl (C=O) groups excluding carboxylic acids is 1. The summed E-state index contributed by atoms with van der Waals surface area (Å²) < 4.78 is 0. The van der Waals surface area contributed by atoms with Crippen molar-refractivity contribution in [2.24, 2.45) is 0 Å². The predicted octanol–water partition coefficient (Wildman–Crippen LogP) is 1.78. The Bertz CT molecular complexity index is 693. The number of benzene rings is 1. The van der Waals surface area contributed by atoms with Crippen LogP contribution in [0.4, 0.5) is 5.95 Å². The Hall–Kier alpha value is -2.47. The van der Waals surface area contributed by atoms with Gasteiger partial charge in [0.1, 0.15) is 0 Å². The maximum Gasteiger partial charge on any atom is 0.257 e. The first-order valence-corrected chi connectivity index (χ1v) is 8.21. The van der Waals surface area contributed by atoms with E-state index in [0.717, 1.165) is 26.2 Å². The molecule has 3 rings (SSSR count). The molecule has 1 aliphatic heterocycles. The van der Waals surface area contributed by atoms with Crippen molar-refractivity contribution in [2.75, 3.05) is 38.5 Å². The van der Waals surface area contributed by atoms with Crippen molar-refractivity contribution >= 4 is 11.9 Å². The molecule has 0 saturated carbocycles. The molecule has 0 spiro atoms. The number of rotatable bonds is 4. The second-order valence-electron chi connectivity index (χ2n) is 6.23. The molecular weight excluding hydrogens is 302 g/mol. The third-order valence-corrected chi connectivity index (χ3v) is 4.22. The number of hydrogen-bond acceptors (Lipinski definition) is 5. The zero-order valence-electron chi connectivity index (χ0n) is 14.2. The standard InChI is InChI=1S/C18H23N5O/c1-14-4-3-5-15(10-14)11-19-18-20-12-16(13-21-18)17(24)23-8-6-22(2)7-9-23/h3-5,10,12-13H,6-9,11H2,1-2H3,(H,19,20,21). The number of nitrogens with zero attached hydrogens (tertiary/aromatic N) is 4. The summed E-state index contributed by atoms with van der Waals surface area (Å²) in [6.45, 7) is 6.04. The number of carbonyl (C=O) groups is 1. The molecule has 0 atom stereocenters. The topological polar surface area (TPSA) is 61.4 Å². The predicted molar refractivity (Wildman–Crippen MR) is 93.9 cm³/mol. The first-order chi connectivity index (χ1) is 11.6. The van der Waals surface area contributed by atoms with Crippen LogP contribution in [0.15, 0.2) is 36.7 Å². The molecule has 0 radical (unpaired) electrons. The Kier molecular flexibility index (Phi) is 5.05. The maximum absolute atomic E-state index is 12.4. The molecule has 0 aliphatic carbocycles. The van der Waals surface area contributed by atoms with Crippen molar-refractivity contribution in [3.8, 4) is 0 Å². The summed E-state index contributed by atoms with van der Waals surface area (Å²) in [7, 11) is 2.07. The molecule has 2 aromatic rings. The molecule has 1 aliphatic rings. The molecule has 1 saturated heterocycles. The summed E-state index contributed by atoms with van der Waals surface area (Å²) in [4.78, 5) is 25.1. The lowest BCUT2D eigenvalue weighted by molar-refractivity contribution is 0.0663. The third kappa shape index (κ3) is 4.08. The van der Waals surface area contributed by atoms with Gasteiger partial charge in [-0.2, -0.15) is 0 Å². The van der Waals surface area contributed by atoms with Crippen LogP contribution in [0.1, 0.15) is 21.5 Å². The van der Waals surface area contributed by atoms with Gasteiger partial charge in [0.15, 0.2) is 0 Å². The number of nitrogens with one attached hydrogen (secondary N) is 1. The van der Waals surface area contributed by atoms with E-state index in [-0.39, 0.29) is 5.91 Å². The van der Waals surface area contributed by atoms with E-state index in [1.54, 1.807) is 12.4 Å². The highest BCUT2D eigenvalue weighted by atomic mass is 16.2. The summed E-state index contributed by atoms with van der Waals surface area (Å²) in [6, 6.07) is 8.29. The van der Waals surface area contributed by atoms with Crippen LogP contribution < -0.4 is 5.32 Å². The maximum atomic E-state index is 12.4. The van der Waals surface area contributed by atoms with E-state index in [9.17, 15) is 4.79 Å². The average Bonchev–Trinajstić information content (AvgIpc) is 2.61. The first kappa shape index (κ1) is 16.4. The van der Waals surface area contributed by atoms with Crippen LogP contribution in [-0.4, -0.2) is 58.9 Å². The van der Waals surface area contributed by atoms with Gasteiger partial charge in [-0.15, -0.1) is 0 Å². The van der Waals surface area contributed by atoms with Crippen LogP contribution in [0.2, 0.25) is 0 Å². The molecule has 1 fully saturated rings. The molecule has 1 aromatic carbocycles. The van der Waals surface area contributed by atoms with Crippen molar-refractivity contribution < 1.29 is 4.79 Å². The van der Waals surface area contributed by atoms with Crippen LogP contribution in [0.25, 0.3) is 0 Å². The third-order valence-electron chi connectivity index (χ3n) is 4.22. The van der Waals surface area contributed by atoms with Crippen LogP contribution in [0.3, 0.4) is 0 Å². The molecular formula is C18H23N5O. The molecule has 6 heteroatoms. The summed E-state index contributed by atoms with van der Waals surface area (Å²) in [6.07, 6.45) is 3.21. The molecule has 2 heterocycles. The number of likely N-dealkylation sites (N-methyl/N-ethyl adjacent to an activating group) is 1. The summed E-state index contributed by atoms with van der Waals surface area (Å²) in [5.41, 5.74) is 2.94. The van der Waals surface area contributed by atoms with E-state index < -0.39 is 0 Å². The van der Waals surface area contributed by atoms with Crippen molar-refractivity contribution in [1.29, 1.82) is 0 Å². The SMILES string of the molecule is Cc1cccc(CNc2ncc(C(=O)N3CCN(C)CC3)cn2)c1. The highest BCUT2D eigenvalue weighted by molar-refractivity contribution is 5.93. The minimum atomic E-state index is 0.00772. The molecule has 1 N–H and O–H groups in total. The monoisotopic (exact) mass is 325 g/mol. The molecule has 1 amide bonds. The van der Waals surface area contributed by atoms with Crippen LogP contribution in [0, 0.1) is 6.92 Å². The number of anilines is 1. The van der Waals surface area contributed by atoms with Gasteiger partial charge in [-0.25, -0.2) is 9.97 Å². The number of hydrogen-bond donors (Lipinski definition) is 1. The molecule has 0 bridgehead atoms. The second-order valence-corrected chi connectivity index (χ2v) is 6.23. The highest BCUT2D eigenvalue weighted by Gasteiger charge is 2.20. The normalized spacial score (nSPS) is 15.3. The molecule has 126 valence electrons.